The third kappa shape index (κ3) is 2.20. The molecule has 0 saturated heterocycles. The number of rotatable bonds is 4. The standard InChI is InChI=1S/C18H24N2O/c1-4-18(5-2)15(19)11-16(18)21-14-8-6-7-13-10-9-12(3)20-17(13)14/h6-10,15-16H,4-5,11,19H2,1-3H3. The predicted molar refractivity (Wildman–Crippen MR) is 86.5 cm³/mol. The van der Waals surface area contributed by atoms with E-state index in [0.717, 1.165) is 41.6 Å². The summed E-state index contributed by atoms with van der Waals surface area (Å²) in [7, 11) is 0. The van der Waals surface area contributed by atoms with Crippen LogP contribution in [0.15, 0.2) is 30.3 Å². The highest BCUT2D eigenvalue weighted by Crippen LogP contribution is 2.48. The number of aryl methyl sites for hydroxylation is 1. The topological polar surface area (TPSA) is 48.1 Å². The van der Waals surface area contributed by atoms with E-state index in [0.29, 0.717) is 0 Å². The van der Waals surface area contributed by atoms with E-state index in [1.54, 1.807) is 0 Å². The number of pyridine rings is 1. The number of hydrogen-bond acceptors (Lipinski definition) is 3. The highest BCUT2D eigenvalue weighted by atomic mass is 16.5. The van der Waals surface area contributed by atoms with Gasteiger partial charge in [0.05, 0.1) is 0 Å². The molecule has 2 atom stereocenters. The lowest BCUT2D eigenvalue weighted by molar-refractivity contribution is -0.0716. The van der Waals surface area contributed by atoms with E-state index in [4.69, 9.17) is 10.5 Å². The van der Waals surface area contributed by atoms with Crippen LogP contribution in [0.5, 0.6) is 5.75 Å². The van der Waals surface area contributed by atoms with Gasteiger partial charge in [-0.1, -0.05) is 32.0 Å². The summed E-state index contributed by atoms with van der Waals surface area (Å²) in [5.41, 5.74) is 8.35. The van der Waals surface area contributed by atoms with E-state index in [-0.39, 0.29) is 17.6 Å². The quantitative estimate of drug-likeness (QED) is 0.928. The highest BCUT2D eigenvalue weighted by molar-refractivity contribution is 5.84. The predicted octanol–water partition coefficient (Wildman–Crippen LogP) is 3.83. The zero-order valence-corrected chi connectivity index (χ0v) is 13.1. The molecule has 1 aliphatic rings. The van der Waals surface area contributed by atoms with E-state index in [1.165, 1.54) is 0 Å². The fourth-order valence-corrected chi connectivity index (χ4v) is 3.64. The first kappa shape index (κ1) is 14.3. The van der Waals surface area contributed by atoms with Gasteiger partial charge in [-0.2, -0.15) is 0 Å². The Labute approximate surface area is 126 Å². The van der Waals surface area contributed by atoms with Gasteiger partial charge in [0.15, 0.2) is 0 Å². The second kappa shape index (κ2) is 5.30. The molecule has 112 valence electrons. The molecule has 0 spiro atoms. The molecular weight excluding hydrogens is 260 g/mol. The van der Waals surface area contributed by atoms with Crippen LogP contribution in [-0.2, 0) is 0 Å². The van der Waals surface area contributed by atoms with Gasteiger partial charge in [-0.3, -0.25) is 0 Å². The first-order valence-corrected chi connectivity index (χ1v) is 7.89. The summed E-state index contributed by atoms with van der Waals surface area (Å²) in [6.07, 6.45) is 3.26. The van der Waals surface area contributed by atoms with Crippen LogP contribution < -0.4 is 10.5 Å². The number of ether oxygens (including phenoxy) is 1. The molecule has 1 heterocycles. The Balaban J connectivity index is 1.94. The van der Waals surface area contributed by atoms with E-state index < -0.39 is 0 Å². The van der Waals surface area contributed by atoms with Crippen LogP contribution >= 0.6 is 0 Å². The van der Waals surface area contributed by atoms with Gasteiger partial charge in [0.25, 0.3) is 0 Å². The second-order valence-corrected chi connectivity index (χ2v) is 6.17. The van der Waals surface area contributed by atoms with Crippen molar-refractivity contribution in [1.29, 1.82) is 0 Å². The van der Waals surface area contributed by atoms with Crippen LogP contribution in [-0.4, -0.2) is 17.1 Å². The molecule has 0 aliphatic heterocycles. The van der Waals surface area contributed by atoms with Crippen molar-refractivity contribution in [2.75, 3.05) is 0 Å². The van der Waals surface area contributed by atoms with Gasteiger partial charge in [0.2, 0.25) is 0 Å². The Kier molecular flexibility index (Phi) is 3.62. The molecule has 0 bridgehead atoms. The van der Waals surface area contributed by atoms with Crippen molar-refractivity contribution in [3.8, 4) is 5.75 Å². The number of hydrogen-bond donors (Lipinski definition) is 1. The number of benzene rings is 1. The van der Waals surface area contributed by atoms with E-state index >= 15 is 0 Å². The van der Waals surface area contributed by atoms with Gasteiger partial charge in [0, 0.05) is 29.0 Å². The zero-order valence-electron chi connectivity index (χ0n) is 13.1. The van der Waals surface area contributed by atoms with E-state index in [1.807, 2.05) is 25.1 Å². The summed E-state index contributed by atoms with van der Waals surface area (Å²) in [6, 6.07) is 10.5. The van der Waals surface area contributed by atoms with Crippen molar-refractivity contribution in [2.24, 2.45) is 11.1 Å². The number of aromatic nitrogens is 1. The Morgan fingerprint density at radius 2 is 2.00 bits per heavy atom. The van der Waals surface area contributed by atoms with Gasteiger partial charge in [-0.15, -0.1) is 0 Å². The van der Waals surface area contributed by atoms with Gasteiger partial charge in [0.1, 0.15) is 17.4 Å². The largest absolute Gasteiger partial charge is 0.487 e. The SMILES string of the molecule is CCC1(CC)C(N)CC1Oc1cccc2ccc(C)nc12. The number of fused-ring (bicyclic) bond motifs is 1. The van der Waals surface area contributed by atoms with Gasteiger partial charge >= 0.3 is 0 Å². The molecule has 1 aromatic carbocycles. The number of para-hydroxylation sites is 1. The minimum atomic E-state index is 0.117. The maximum atomic E-state index is 6.34. The lowest BCUT2D eigenvalue weighted by Gasteiger charge is -2.53. The van der Waals surface area contributed by atoms with E-state index in [9.17, 15) is 0 Å². The Morgan fingerprint density at radius 3 is 2.67 bits per heavy atom. The maximum Gasteiger partial charge on any atom is 0.145 e. The summed E-state index contributed by atoms with van der Waals surface area (Å²) >= 11 is 0. The van der Waals surface area contributed by atoms with Crippen LogP contribution in [0.3, 0.4) is 0 Å². The lowest BCUT2D eigenvalue weighted by atomic mass is 9.59. The van der Waals surface area contributed by atoms with Gasteiger partial charge in [-0.05, 0) is 31.9 Å². The molecule has 1 aliphatic carbocycles. The summed E-state index contributed by atoms with van der Waals surface area (Å²) in [5, 5.41) is 1.13. The fraction of sp³-hybridized carbons (Fsp3) is 0.500. The molecule has 2 N–H and O–H groups in total. The lowest BCUT2D eigenvalue weighted by Crippen LogP contribution is -2.62. The first-order valence-electron chi connectivity index (χ1n) is 7.89. The molecule has 1 fully saturated rings. The molecular formula is C18H24N2O. The molecule has 2 unspecified atom stereocenters. The Morgan fingerprint density at radius 1 is 1.24 bits per heavy atom. The van der Waals surface area contributed by atoms with Crippen molar-refractivity contribution < 1.29 is 4.74 Å². The van der Waals surface area contributed by atoms with Gasteiger partial charge in [-0.25, -0.2) is 4.98 Å². The molecule has 3 rings (SSSR count). The summed E-state index contributed by atoms with van der Waals surface area (Å²) in [4.78, 5) is 4.65. The molecule has 3 nitrogen and oxygen atoms in total. The third-order valence-corrected chi connectivity index (χ3v) is 5.26. The molecule has 21 heavy (non-hydrogen) atoms. The van der Waals surface area contributed by atoms with E-state index in [2.05, 4.69) is 31.0 Å². The van der Waals surface area contributed by atoms with Crippen molar-refractivity contribution in [3.05, 3.63) is 36.0 Å². The van der Waals surface area contributed by atoms with Crippen molar-refractivity contribution in [1.82, 2.24) is 4.98 Å². The third-order valence-electron chi connectivity index (χ3n) is 5.26. The fourth-order valence-electron chi connectivity index (χ4n) is 3.64. The number of nitrogens with zero attached hydrogens (tertiary/aromatic N) is 1. The maximum absolute atomic E-state index is 6.34. The Bertz CT molecular complexity index is 649. The monoisotopic (exact) mass is 284 g/mol. The average molecular weight is 284 g/mol. The van der Waals surface area contributed by atoms with Crippen LogP contribution in [0.2, 0.25) is 0 Å². The number of nitrogens with two attached hydrogens (primary N) is 1. The minimum Gasteiger partial charge on any atom is -0.487 e. The van der Waals surface area contributed by atoms with Crippen molar-refractivity contribution in [2.45, 2.75) is 52.2 Å². The molecule has 0 radical (unpaired) electrons. The van der Waals surface area contributed by atoms with Crippen molar-refractivity contribution >= 4 is 10.9 Å². The average Bonchev–Trinajstić information content (AvgIpc) is 2.48. The van der Waals surface area contributed by atoms with Crippen molar-refractivity contribution in [3.63, 3.8) is 0 Å². The molecule has 0 amide bonds. The van der Waals surface area contributed by atoms with Crippen LogP contribution in [0, 0.1) is 12.3 Å². The van der Waals surface area contributed by atoms with Crippen LogP contribution in [0.25, 0.3) is 10.9 Å². The summed E-state index contributed by atoms with van der Waals surface area (Å²) < 4.78 is 6.34. The zero-order chi connectivity index (χ0) is 15.0. The van der Waals surface area contributed by atoms with Crippen LogP contribution in [0.4, 0.5) is 0 Å². The van der Waals surface area contributed by atoms with Gasteiger partial charge < -0.3 is 10.5 Å². The summed E-state index contributed by atoms with van der Waals surface area (Å²) in [6.45, 7) is 6.44. The molecule has 2 aromatic rings. The summed E-state index contributed by atoms with van der Waals surface area (Å²) in [5.74, 6) is 0.888. The first-order chi connectivity index (χ1) is 10.1. The Hall–Kier alpha value is -1.61. The smallest absolute Gasteiger partial charge is 0.145 e. The van der Waals surface area contributed by atoms with Crippen LogP contribution in [0.1, 0.15) is 38.8 Å². The highest BCUT2D eigenvalue weighted by Gasteiger charge is 2.52. The minimum absolute atomic E-state index is 0.117. The molecule has 1 saturated carbocycles. The second-order valence-electron chi connectivity index (χ2n) is 6.17. The molecule has 1 aromatic heterocycles. The normalized spacial score (nSPS) is 23.8. The molecule has 3 heteroatoms.